The van der Waals surface area contributed by atoms with Crippen LogP contribution in [0.2, 0.25) is 0 Å². The number of amides is 4. The van der Waals surface area contributed by atoms with Crippen molar-refractivity contribution in [3.05, 3.63) is 174 Å². The standard InChI is InChI=1S/C60H48Br2N2O6/c1-29-23-35(61)24-30(2)53(29)63-55(65)41-21-19-39-50-46(70-38-17-13-34(14-18-38)60(8,9)10)28-44-48-42(56(66)64(58(44)68)54-31(3)25-36(62)26-32(54)4)22-20-40(52(48)50)49-45(27-43(57(63)67)47(41)51(39)49)69-37-15-11-33(12-16-37)59(5,6)7/h11-28H,1-10H3. The third-order valence-electron chi connectivity index (χ3n) is 14.0. The van der Waals surface area contributed by atoms with E-state index in [-0.39, 0.29) is 10.8 Å². The number of rotatable bonds is 6. The number of anilines is 2. The second-order valence-electron chi connectivity index (χ2n) is 20.8. The molecule has 4 amide bonds. The molecule has 0 saturated carbocycles. The Bertz CT molecular complexity index is 3530. The highest BCUT2D eigenvalue weighted by atomic mass is 79.9. The lowest BCUT2D eigenvalue weighted by Crippen LogP contribution is -2.41. The number of benzene rings is 9. The monoisotopic (exact) mass is 1050 g/mol. The van der Waals surface area contributed by atoms with E-state index < -0.39 is 23.6 Å². The number of hydrogen-bond donors (Lipinski definition) is 0. The number of imide groups is 2. The summed E-state index contributed by atoms with van der Waals surface area (Å²) in [4.78, 5) is 63.2. The van der Waals surface area contributed by atoms with Crippen molar-refractivity contribution < 1.29 is 28.7 Å². The van der Waals surface area contributed by atoms with Crippen LogP contribution in [0.3, 0.4) is 0 Å². The van der Waals surface area contributed by atoms with E-state index in [0.29, 0.717) is 99.7 Å². The predicted molar refractivity (Wildman–Crippen MR) is 288 cm³/mol. The molecule has 9 aromatic rings. The van der Waals surface area contributed by atoms with Crippen LogP contribution < -0.4 is 19.3 Å². The molecular weight excluding hydrogens is 1000 g/mol. The Morgan fingerprint density at radius 2 is 0.700 bits per heavy atom. The van der Waals surface area contributed by atoms with Gasteiger partial charge in [0.1, 0.15) is 23.0 Å². The molecule has 0 fully saturated rings. The van der Waals surface area contributed by atoms with Gasteiger partial charge in [0, 0.05) is 52.4 Å². The maximum atomic E-state index is 15.3. The van der Waals surface area contributed by atoms with Gasteiger partial charge >= 0.3 is 0 Å². The summed E-state index contributed by atoms with van der Waals surface area (Å²) in [6, 6.07) is 34.3. The number of carbonyl (C=O) groups excluding carboxylic acids is 4. The summed E-state index contributed by atoms with van der Waals surface area (Å²) in [7, 11) is 0. The molecule has 2 heterocycles. The molecule has 11 rings (SSSR count). The first-order valence-electron chi connectivity index (χ1n) is 23.3. The van der Waals surface area contributed by atoms with E-state index in [9.17, 15) is 0 Å². The van der Waals surface area contributed by atoms with Gasteiger partial charge in [0.25, 0.3) is 23.6 Å². The highest BCUT2D eigenvalue weighted by molar-refractivity contribution is 9.10. The average Bonchev–Trinajstić information content (AvgIpc) is 3.28. The minimum Gasteiger partial charge on any atom is -0.457 e. The highest BCUT2D eigenvalue weighted by Gasteiger charge is 2.41. The van der Waals surface area contributed by atoms with Gasteiger partial charge in [0.15, 0.2) is 0 Å². The van der Waals surface area contributed by atoms with Crippen molar-refractivity contribution >= 4 is 110 Å². The molecule has 0 unspecified atom stereocenters. The number of fused-ring (bicyclic) bond motifs is 2. The summed E-state index contributed by atoms with van der Waals surface area (Å²) in [5.74, 6) is -0.0259. The molecule has 0 saturated heterocycles. The quantitative estimate of drug-likeness (QED) is 0.0936. The molecule has 0 radical (unpaired) electrons. The Balaban J connectivity index is 1.25. The number of nitrogens with zero attached hydrogens (tertiary/aromatic N) is 2. The summed E-state index contributed by atoms with van der Waals surface area (Å²) in [6.45, 7) is 20.5. The van der Waals surface area contributed by atoms with Gasteiger partial charge in [-0.1, -0.05) is 110 Å². The van der Waals surface area contributed by atoms with E-state index in [4.69, 9.17) is 9.47 Å². The number of hydrogen-bond acceptors (Lipinski definition) is 6. The van der Waals surface area contributed by atoms with Crippen LogP contribution in [-0.4, -0.2) is 23.6 Å². The molecule has 0 spiro atoms. The lowest BCUT2D eigenvalue weighted by atomic mass is 9.81. The molecule has 8 nitrogen and oxygen atoms in total. The third kappa shape index (κ3) is 6.89. The molecule has 2 aliphatic heterocycles. The molecule has 70 heavy (non-hydrogen) atoms. The van der Waals surface area contributed by atoms with Gasteiger partial charge in [-0.2, -0.15) is 0 Å². The molecule has 348 valence electrons. The second-order valence-corrected chi connectivity index (χ2v) is 22.7. The van der Waals surface area contributed by atoms with Crippen molar-refractivity contribution in [3.63, 3.8) is 0 Å². The number of carbonyl (C=O) groups is 4. The Hall–Kier alpha value is -6.88. The first-order chi connectivity index (χ1) is 33.1. The Morgan fingerprint density at radius 3 is 1.01 bits per heavy atom. The predicted octanol–water partition coefficient (Wildman–Crippen LogP) is 16.3. The van der Waals surface area contributed by atoms with Gasteiger partial charge in [-0.05, 0) is 155 Å². The van der Waals surface area contributed by atoms with Crippen molar-refractivity contribution in [3.8, 4) is 23.0 Å². The molecule has 0 bridgehead atoms. The summed E-state index contributed by atoms with van der Waals surface area (Å²) < 4.78 is 15.6. The number of ether oxygens (including phenoxy) is 2. The molecular formula is C60H48Br2N2O6. The van der Waals surface area contributed by atoms with Gasteiger partial charge in [-0.15, -0.1) is 0 Å². The fourth-order valence-corrected chi connectivity index (χ4v) is 12.1. The topological polar surface area (TPSA) is 93.2 Å². The van der Waals surface area contributed by atoms with Gasteiger partial charge in [-0.3, -0.25) is 19.2 Å². The molecule has 10 heteroatoms. The van der Waals surface area contributed by atoms with Gasteiger partial charge in [-0.25, -0.2) is 9.80 Å². The molecule has 9 aromatic carbocycles. The third-order valence-corrected chi connectivity index (χ3v) is 14.9. The Kier molecular flexibility index (Phi) is 10.3. The van der Waals surface area contributed by atoms with Crippen LogP contribution >= 0.6 is 31.9 Å². The van der Waals surface area contributed by atoms with E-state index in [1.54, 1.807) is 24.3 Å². The zero-order valence-electron chi connectivity index (χ0n) is 40.5. The maximum absolute atomic E-state index is 15.3. The second kappa shape index (κ2) is 15.8. The minimum absolute atomic E-state index is 0.109. The van der Waals surface area contributed by atoms with Crippen LogP contribution in [0, 0.1) is 27.7 Å². The van der Waals surface area contributed by atoms with Gasteiger partial charge < -0.3 is 9.47 Å². The van der Waals surface area contributed by atoms with E-state index in [1.807, 2.05) is 113 Å². The first-order valence-corrected chi connectivity index (χ1v) is 24.9. The molecule has 0 aliphatic carbocycles. The van der Waals surface area contributed by atoms with E-state index in [1.165, 1.54) is 9.80 Å². The SMILES string of the molecule is Cc1cc(Br)cc(C)c1N1C(=O)c2ccc3c4c(Oc5ccc(C(C)(C)C)cc5)cc5c6c(ccc(c7c(Oc8ccc(C(C)(C)C)cc8)cc(c2c37)C1=O)c64)C(=O)N(c1c(C)cc(Br)cc1C)C5=O. The molecule has 2 aliphatic rings. The molecule has 0 N–H and O–H groups in total. The van der Waals surface area contributed by atoms with E-state index in [0.717, 1.165) is 42.3 Å². The van der Waals surface area contributed by atoms with E-state index in [2.05, 4.69) is 73.4 Å². The zero-order valence-corrected chi connectivity index (χ0v) is 43.7. The van der Waals surface area contributed by atoms with Gasteiger partial charge in [0.05, 0.1) is 22.5 Å². The van der Waals surface area contributed by atoms with Crippen molar-refractivity contribution in [1.82, 2.24) is 0 Å². The van der Waals surface area contributed by atoms with Crippen molar-refractivity contribution in [1.29, 1.82) is 0 Å². The van der Waals surface area contributed by atoms with Crippen molar-refractivity contribution in [2.75, 3.05) is 9.80 Å². The zero-order chi connectivity index (χ0) is 49.6. The van der Waals surface area contributed by atoms with Crippen molar-refractivity contribution in [2.45, 2.75) is 80.1 Å². The average molecular weight is 1050 g/mol. The summed E-state index contributed by atoms with van der Waals surface area (Å²) in [5, 5.41) is 4.80. The molecule has 0 atom stereocenters. The highest BCUT2D eigenvalue weighted by Crippen LogP contribution is 2.54. The van der Waals surface area contributed by atoms with Crippen LogP contribution in [-0.2, 0) is 10.8 Å². The summed E-state index contributed by atoms with van der Waals surface area (Å²) in [6.07, 6.45) is 0. The minimum atomic E-state index is -0.482. The lowest BCUT2D eigenvalue weighted by Gasteiger charge is -2.32. The Morgan fingerprint density at radius 1 is 0.386 bits per heavy atom. The van der Waals surface area contributed by atoms with Gasteiger partial charge in [0.2, 0.25) is 0 Å². The van der Waals surface area contributed by atoms with Crippen LogP contribution in [0.5, 0.6) is 23.0 Å². The van der Waals surface area contributed by atoms with Crippen LogP contribution in [0.1, 0.15) is 116 Å². The maximum Gasteiger partial charge on any atom is 0.266 e. The fraction of sp³-hybridized carbons (Fsp3) is 0.200. The van der Waals surface area contributed by atoms with Crippen LogP contribution in [0.4, 0.5) is 11.4 Å². The van der Waals surface area contributed by atoms with E-state index >= 15 is 19.2 Å². The van der Waals surface area contributed by atoms with Crippen LogP contribution in [0.25, 0.3) is 43.1 Å². The normalized spacial score (nSPS) is 14.1. The smallest absolute Gasteiger partial charge is 0.266 e. The number of halogens is 2. The summed E-state index contributed by atoms with van der Waals surface area (Å²) in [5.41, 5.74) is 7.42. The lowest BCUT2D eigenvalue weighted by molar-refractivity contribution is 0.0877. The Labute approximate surface area is 422 Å². The largest absolute Gasteiger partial charge is 0.457 e. The van der Waals surface area contributed by atoms with Crippen molar-refractivity contribution in [2.24, 2.45) is 0 Å². The number of aryl methyl sites for hydroxylation is 4. The first kappa shape index (κ1) is 45.6. The summed E-state index contributed by atoms with van der Waals surface area (Å²) >= 11 is 7.18. The van der Waals surface area contributed by atoms with Crippen LogP contribution in [0.15, 0.2) is 118 Å². The molecule has 0 aromatic heterocycles. The fourth-order valence-electron chi connectivity index (χ4n) is 10.8.